The molecule has 6 rings (SSSR count). The van der Waals surface area contributed by atoms with Crippen molar-refractivity contribution in [2.75, 3.05) is 42.6 Å². The minimum absolute atomic E-state index is 0.140. The molecular weight excluding hydrogens is 522 g/mol. The van der Waals surface area contributed by atoms with Crippen molar-refractivity contribution in [1.29, 1.82) is 5.26 Å². The second-order valence-electron chi connectivity index (χ2n) is 9.90. The van der Waals surface area contributed by atoms with Crippen molar-refractivity contribution >= 4 is 17.5 Å². The molecule has 3 aromatic heterocycles. The van der Waals surface area contributed by atoms with Gasteiger partial charge in [0.2, 0.25) is 5.95 Å². The molecule has 1 fully saturated rings. The maximum absolute atomic E-state index is 13.3. The molecule has 2 aliphatic heterocycles. The van der Waals surface area contributed by atoms with E-state index in [1.165, 1.54) is 12.4 Å². The number of hydrogen-bond donors (Lipinski definition) is 1. The Labute approximate surface area is 235 Å². The van der Waals surface area contributed by atoms with Gasteiger partial charge < -0.3 is 19.4 Å². The zero-order valence-electron chi connectivity index (χ0n) is 22.4. The third-order valence-electron chi connectivity index (χ3n) is 7.49. The maximum Gasteiger partial charge on any atom is 0.272 e. The molecule has 0 aliphatic carbocycles. The molecule has 4 aromatic rings. The lowest BCUT2D eigenvalue weighted by Gasteiger charge is -2.34. The minimum Gasteiger partial charge on any atom is -0.491 e. The number of hydrogen-bond acceptors (Lipinski definition) is 10. The molecular formula is C29H27N9O3. The molecule has 0 saturated carbocycles. The second kappa shape index (κ2) is 11.1. The van der Waals surface area contributed by atoms with Crippen LogP contribution in [0.15, 0.2) is 66.0 Å². The molecule has 12 nitrogen and oxygen atoms in total. The Kier molecular flexibility index (Phi) is 6.99. The molecule has 1 amide bonds. The van der Waals surface area contributed by atoms with Gasteiger partial charge in [0.05, 0.1) is 35.9 Å². The summed E-state index contributed by atoms with van der Waals surface area (Å²) in [5, 5.41) is 15.5. The molecule has 1 aromatic carbocycles. The lowest BCUT2D eigenvalue weighted by Crippen LogP contribution is -2.49. The number of fused-ring (bicyclic) bond motifs is 1. The van der Waals surface area contributed by atoms with Gasteiger partial charge in [-0.05, 0) is 24.1 Å². The first-order valence-corrected chi connectivity index (χ1v) is 13.3. The highest BCUT2D eigenvalue weighted by molar-refractivity contribution is 5.92. The summed E-state index contributed by atoms with van der Waals surface area (Å²) in [5.74, 6) is 0.908. The number of anilines is 2. The summed E-state index contributed by atoms with van der Waals surface area (Å²) in [4.78, 5) is 44.2. The molecule has 0 radical (unpaired) electrons. The lowest BCUT2D eigenvalue weighted by molar-refractivity contribution is 0.0739. The molecule has 1 unspecified atom stereocenters. The van der Waals surface area contributed by atoms with E-state index in [0.29, 0.717) is 67.8 Å². The maximum atomic E-state index is 13.3. The molecule has 0 spiro atoms. The first kappa shape index (κ1) is 25.9. The van der Waals surface area contributed by atoms with E-state index < -0.39 is 0 Å². The largest absolute Gasteiger partial charge is 0.491 e. The number of carbonyl (C=O) groups is 1. The molecule has 1 saturated heterocycles. The Morgan fingerprint density at radius 1 is 1.10 bits per heavy atom. The van der Waals surface area contributed by atoms with Gasteiger partial charge in [0.1, 0.15) is 24.1 Å². The van der Waals surface area contributed by atoms with E-state index in [-0.39, 0.29) is 17.5 Å². The van der Waals surface area contributed by atoms with Crippen molar-refractivity contribution in [2.24, 2.45) is 0 Å². The highest BCUT2D eigenvalue weighted by atomic mass is 16.5. The fourth-order valence-electron chi connectivity index (χ4n) is 5.24. The van der Waals surface area contributed by atoms with Crippen LogP contribution in [0.1, 0.15) is 38.8 Å². The van der Waals surface area contributed by atoms with E-state index in [1.807, 2.05) is 23.1 Å². The normalized spacial score (nSPS) is 16.3. The van der Waals surface area contributed by atoms with Gasteiger partial charge in [0.15, 0.2) is 0 Å². The predicted molar refractivity (Wildman–Crippen MR) is 150 cm³/mol. The summed E-state index contributed by atoms with van der Waals surface area (Å²) in [6, 6.07) is 13.4. The molecule has 2 aliphatic rings. The summed E-state index contributed by atoms with van der Waals surface area (Å²) in [5.41, 5.74) is 4.14. The number of pyridine rings is 1. The zero-order valence-corrected chi connectivity index (χ0v) is 22.4. The molecule has 1 N–H and O–H groups in total. The summed E-state index contributed by atoms with van der Waals surface area (Å²) in [7, 11) is 0. The Balaban J connectivity index is 1.13. The number of nitriles is 1. The number of piperazine rings is 1. The summed E-state index contributed by atoms with van der Waals surface area (Å²) in [6.45, 7) is 4.86. The third-order valence-corrected chi connectivity index (χ3v) is 7.49. The van der Waals surface area contributed by atoms with Gasteiger partial charge in [-0.1, -0.05) is 24.3 Å². The molecule has 41 heavy (non-hydrogen) atoms. The van der Waals surface area contributed by atoms with Crippen LogP contribution in [0.2, 0.25) is 0 Å². The number of benzene rings is 1. The van der Waals surface area contributed by atoms with E-state index >= 15 is 0 Å². The number of carbonyl (C=O) groups excluding carboxylic acids is 1. The highest BCUT2D eigenvalue weighted by Crippen LogP contribution is 2.38. The average Bonchev–Trinajstić information content (AvgIpc) is 3.39. The quantitative estimate of drug-likeness (QED) is 0.380. The first-order valence-electron chi connectivity index (χ1n) is 13.3. The van der Waals surface area contributed by atoms with Gasteiger partial charge in [-0.15, -0.1) is 0 Å². The monoisotopic (exact) mass is 549 g/mol. The van der Waals surface area contributed by atoms with E-state index in [4.69, 9.17) is 10.00 Å². The molecule has 0 bridgehead atoms. The topological polar surface area (TPSA) is 144 Å². The van der Waals surface area contributed by atoms with Crippen LogP contribution in [0.3, 0.4) is 0 Å². The van der Waals surface area contributed by atoms with Crippen LogP contribution in [0.4, 0.5) is 11.6 Å². The van der Waals surface area contributed by atoms with Crippen LogP contribution in [0.25, 0.3) is 0 Å². The van der Waals surface area contributed by atoms with E-state index in [1.54, 1.807) is 36.4 Å². The number of aromatic nitrogens is 5. The van der Waals surface area contributed by atoms with Crippen molar-refractivity contribution in [2.45, 2.75) is 19.5 Å². The summed E-state index contributed by atoms with van der Waals surface area (Å²) >= 11 is 0. The number of amides is 1. The fraction of sp³-hybridized carbons (Fsp3) is 0.276. The number of ether oxygens (including phenoxy) is 1. The van der Waals surface area contributed by atoms with Crippen molar-refractivity contribution in [3.05, 3.63) is 99.5 Å². The molecule has 5 heterocycles. The van der Waals surface area contributed by atoms with Crippen molar-refractivity contribution in [3.8, 4) is 11.8 Å². The van der Waals surface area contributed by atoms with E-state index in [0.717, 1.165) is 16.8 Å². The average molecular weight is 550 g/mol. The van der Waals surface area contributed by atoms with Crippen LogP contribution >= 0.6 is 0 Å². The van der Waals surface area contributed by atoms with Crippen molar-refractivity contribution < 1.29 is 9.53 Å². The standard InChI is InChI=1S/C29H27N9O3/c1-19-25(16-34-35-27(19)39)38-17-21-4-2-3-5-23(21)26(38)18-41-22-6-7-31-24(12-22)28(40)36-8-10-37(11-9-36)29-32-14-20(13-30)15-33-29/h2-7,12,14-16,26H,8-11,17-18H2,1H3,(H,35,39). The Morgan fingerprint density at radius 2 is 1.88 bits per heavy atom. The van der Waals surface area contributed by atoms with Gasteiger partial charge in [-0.3, -0.25) is 14.6 Å². The van der Waals surface area contributed by atoms with Crippen LogP contribution < -0.4 is 20.1 Å². The number of aromatic amines is 1. The summed E-state index contributed by atoms with van der Waals surface area (Å²) < 4.78 is 6.23. The van der Waals surface area contributed by atoms with Crippen LogP contribution in [0.5, 0.6) is 5.75 Å². The van der Waals surface area contributed by atoms with E-state index in [2.05, 4.69) is 42.2 Å². The molecule has 12 heteroatoms. The minimum atomic E-state index is -0.222. The number of nitrogens with zero attached hydrogens (tertiary/aromatic N) is 8. The van der Waals surface area contributed by atoms with E-state index in [9.17, 15) is 9.59 Å². The van der Waals surface area contributed by atoms with Crippen LogP contribution in [-0.2, 0) is 6.54 Å². The fourth-order valence-corrected chi connectivity index (χ4v) is 5.24. The SMILES string of the molecule is Cc1c(N2Cc3ccccc3C2COc2ccnc(C(=O)N3CCN(c4ncc(C#N)cn4)CC3)c2)cn[nH]c1=O. The van der Waals surface area contributed by atoms with Crippen LogP contribution in [-0.4, -0.2) is 68.7 Å². The Bertz CT molecular complexity index is 1670. The summed E-state index contributed by atoms with van der Waals surface area (Å²) in [6.07, 6.45) is 6.24. The second-order valence-corrected chi connectivity index (χ2v) is 9.90. The smallest absolute Gasteiger partial charge is 0.272 e. The number of nitrogens with one attached hydrogen (secondary N) is 1. The van der Waals surface area contributed by atoms with Crippen molar-refractivity contribution in [3.63, 3.8) is 0 Å². The van der Waals surface area contributed by atoms with Gasteiger partial charge in [0.25, 0.3) is 11.5 Å². The van der Waals surface area contributed by atoms with Crippen molar-refractivity contribution in [1.82, 2.24) is 30.0 Å². The molecule has 1 atom stereocenters. The lowest BCUT2D eigenvalue weighted by atomic mass is 10.1. The number of H-pyrrole nitrogens is 1. The van der Waals surface area contributed by atoms with Gasteiger partial charge in [0, 0.05) is 50.6 Å². The van der Waals surface area contributed by atoms with Gasteiger partial charge in [-0.25, -0.2) is 15.1 Å². The molecule has 206 valence electrons. The first-order chi connectivity index (χ1) is 20.0. The highest BCUT2D eigenvalue weighted by Gasteiger charge is 2.32. The van der Waals surface area contributed by atoms with Gasteiger partial charge in [-0.2, -0.15) is 10.4 Å². The Hall–Kier alpha value is -5.31. The van der Waals surface area contributed by atoms with Crippen LogP contribution in [0, 0.1) is 18.3 Å². The number of rotatable bonds is 6. The van der Waals surface area contributed by atoms with Gasteiger partial charge >= 0.3 is 0 Å². The Morgan fingerprint density at radius 3 is 2.66 bits per heavy atom. The predicted octanol–water partition coefficient (Wildman–Crippen LogP) is 2.24. The third kappa shape index (κ3) is 5.17. The zero-order chi connectivity index (χ0) is 28.3.